The summed E-state index contributed by atoms with van der Waals surface area (Å²) in [7, 11) is 1.68. The normalized spacial score (nSPS) is 22.3. The van der Waals surface area contributed by atoms with E-state index in [0.717, 1.165) is 13.2 Å². The molecule has 0 aromatic rings. The quantitative estimate of drug-likeness (QED) is 0.530. The molecule has 9 heavy (non-hydrogen) atoms. The van der Waals surface area contributed by atoms with Crippen molar-refractivity contribution < 1.29 is 9.47 Å². The number of epoxide rings is 1. The van der Waals surface area contributed by atoms with Gasteiger partial charge in [0.2, 0.25) is 0 Å². The Morgan fingerprint density at radius 3 is 2.00 bits per heavy atom. The van der Waals surface area contributed by atoms with E-state index in [-0.39, 0.29) is 0 Å². The third kappa shape index (κ3) is 7.92. The second-order valence-electron chi connectivity index (χ2n) is 1.94. The molecule has 56 valence electrons. The first-order valence-electron chi connectivity index (χ1n) is 3.45. The fourth-order valence-corrected chi connectivity index (χ4v) is 0.304. The molecule has 0 aliphatic carbocycles. The van der Waals surface area contributed by atoms with Crippen molar-refractivity contribution in [2.45, 2.75) is 26.4 Å². The number of ether oxygens (including phenoxy) is 2. The molecule has 0 radical (unpaired) electrons. The fraction of sp³-hybridized carbons (Fsp3) is 1.00. The first kappa shape index (κ1) is 8.92. The molecular formula is C7H16O2. The Hall–Kier alpha value is -0.0800. The fourth-order valence-electron chi connectivity index (χ4n) is 0.304. The monoisotopic (exact) mass is 132 g/mol. The van der Waals surface area contributed by atoms with E-state index in [0.29, 0.717) is 6.10 Å². The molecule has 1 rings (SSSR count). The van der Waals surface area contributed by atoms with Crippen molar-refractivity contribution in [2.75, 3.05) is 20.3 Å². The van der Waals surface area contributed by atoms with E-state index in [9.17, 15) is 0 Å². The van der Waals surface area contributed by atoms with Crippen LogP contribution in [0.3, 0.4) is 0 Å². The molecule has 1 fully saturated rings. The first-order valence-corrected chi connectivity index (χ1v) is 3.45. The highest BCUT2D eigenvalue weighted by atomic mass is 16.6. The maximum absolute atomic E-state index is 4.86. The van der Waals surface area contributed by atoms with Gasteiger partial charge in [-0.05, 0) is 13.3 Å². The van der Waals surface area contributed by atoms with Crippen molar-refractivity contribution in [1.29, 1.82) is 0 Å². The van der Waals surface area contributed by atoms with Gasteiger partial charge < -0.3 is 9.47 Å². The van der Waals surface area contributed by atoms with Gasteiger partial charge in [-0.25, -0.2) is 0 Å². The molecule has 0 saturated carbocycles. The summed E-state index contributed by atoms with van der Waals surface area (Å²) in [5.41, 5.74) is 0. The average Bonchev–Trinajstić information content (AvgIpc) is 2.70. The minimum atomic E-state index is 0.634. The van der Waals surface area contributed by atoms with Gasteiger partial charge in [-0.3, -0.25) is 0 Å². The number of hydrogen-bond acceptors (Lipinski definition) is 2. The lowest BCUT2D eigenvalue weighted by Gasteiger charge is -1.76. The van der Waals surface area contributed by atoms with Crippen molar-refractivity contribution in [3.05, 3.63) is 0 Å². The second-order valence-corrected chi connectivity index (χ2v) is 1.94. The highest BCUT2D eigenvalue weighted by Crippen LogP contribution is 2.10. The predicted molar refractivity (Wildman–Crippen MR) is 37.6 cm³/mol. The van der Waals surface area contributed by atoms with Crippen LogP contribution in [0.25, 0.3) is 0 Å². The van der Waals surface area contributed by atoms with Crippen molar-refractivity contribution in [1.82, 2.24) is 0 Å². The Morgan fingerprint density at radius 2 is 2.00 bits per heavy atom. The smallest absolute Gasteiger partial charge is 0.0807 e. The van der Waals surface area contributed by atoms with Crippen molar-refractivity contribution in [3.63, 3.8) is 0 Å². The van der Waals surface area contributed by atoms with Crippen molar-refractivity contribution >= 4 is 0 Å². The van der Waals surface area contributed by atoms with Gasteiger partial charge in [-0.15, -0.1) is 0 Å². The number of hydrogen-bond donors (Lipinski definition) is 0. The molecule has 0 amide bonds. The molecule has 1 heterocycles. The van der Waals surface area contributed by atoms with E-state index in [1.165, 1.54) is 6.42 Å². The molecule has 0 N–H and O–H groups in total. The van der Waals surface area contributed by atoms with Crippen molar-refractivity contribution in [3.8, 4) is 0 Å². The largest absolute Gasteiger partial charge is 0.385 e. The zero-order chi connectivity index (χ0) is 7.11. The molecule has 0 bridgehead atoms. The summed E-state index contributed by atoms with van der Waals surface area (Å²) in [4.78, 5) is 0. The van der Waals surface area contributed by atoms with Crippen LogP contribution in [0.2, 0.25) is 0 Å². The summed E-state index contributed by atoms with van der Waals surface area (Å²) in [6.07, 6.45) is 1.83. The summed E-state index contributed by atoms with van der Waals surface area (Å²) in [5.74, 6) is 0. The molecule has 0 aromatic heterocycles. The van der Waals surface area contributed by atoms with Crippen LogP contribution in [0.5, 0.6) is 0 Å². The zero-order valence-corrected chi connectivity index (χ0v) is 6.52. The SMILES string of the molecule is CCC1CO1.CCOC. The Bertz CT molecular complexity index is 48.9. The number of methoxy groups -OCH3 is 1. The zero-order valence-electron chi connectivity index (χ0n) is 6.52. The van der Waals surface area contributed by atoms with Crippen LogP contribution in [0.1, 0.15) is 20.3 Å². The Labute approximate surface area is 57.2 Å². The molecule has 1 saturated heterocycles. The standard InChI is InChI=1S/C4H8O.C3H8O/c1-2-4-3-5-4;1-3-4-2/h4H,2-3H2,1H3;3H2,1-2H3. The maximum atomic E-state index is 4.86. The van der Waals surface area contributed by atoms with Crippen LogP contribution >= 0.6 is 0 Å². The molecule has 1 unspecified atom stereocenters. The van der Waals surface area contributed by atoms with Gasteiger partial charge in [0.05, 0.1) is 12.7 Å². The van der Waals surface area contributed by atoms with E-state index in [1.807, 2.05) is 6.92 Å². The lowest BCUT2D eigenvalue weighted by Crippen LogP contribution is -1.73. The average molecular weight is 132 g/mol. The van der Waals surface area contributed by atoms with Gasteiger partial charge in [0.1, 0.15) is 0 Å². The Morgan fingerprint density at radius 1 is 1.56 bits per heavy atom. The van der Waals surface area contributed by atoms with Crippen LogP contribution in [0.15, 0.2) is 0 Å². The third-order valence-corrected chi connectivity index (χ3v) is 1.15. The van der Waals surface area contributed by atoms with E-state index in [2.05, 4.69) is 11.7 Å². The van der Waals surface area contributed by atoms with Crippen molar-refractivity contribution in [2.24, 2.45) is 0 Å². The van der Waals surface area contributed by atoms with Gasteiger partial charge in [-0.1, -0.05) is 6.92 Å². The molecule has 0 spiro atoms. The molecular weight excluding hydrogens is 116 g/mol. The van der Waals surface area contributed by atoms with Gasteiger partial charge in [-0.2, -0.15) is 0 Å². The summed E-state index contributed by atoms with van der Waals surface area (Å²) in [6.45, 7) is 5.92. The summed E-state index contributed by atoms with van der Waals surface area (Å²) < 4.78 is 9.40. The Kier molecular flexibility index (Phi) is 5.99. The minimum absolute atomic E-state index is 0.634. The lowest BCUT2D eigenvalue weighted by atomic mass is 10.4. The summed E-state index contributed by atoms with van der Waals surface area (Å²) >= 11 is 0. The molecule has 2 nitrogen and oxygen atoms in total. The first-order chi connectivity index (χ1) is 4.35. The third-order valence-electron chi connectivity index (χ3n) is 1.15. The molecule has 1 aliphatic rings. The summed E-state index contributed by atoms with van der Waals surface area (Å²) in [6, 6.07) is 0. The van der Waals surface area contributed by atoms with Crippen LogP contribution in [0.4, 0.5) is 0 Å². The topological polar surface area (TPSA) is 21.8 Å². The molecule has 1 aliphatic heterocycles. The van der Waals surface area contributed by atoms with E-state index < -0.39 is 0 Å². The molecule has 2 heteroatoms. The highest BCUT2D eigenvalue weighted by Gasteiger charge is 2.18. The number of rotatable bonds is 2. The summed E-state index contributed by atoms with van der Waals surface area (Å²) in [5, 5.41) is 0. The van der Waals surface area contributed by atoms with E-state index in [1.54, 1.807) is 7.11 Å². The maximum Gasteiger partial charge on any atom is 0.0807 e. The highest BCUT2D eigenvalue weighted by molar-refractivity contribution is 4.64. The van der Waals surface area contributed by atoms with Crippen LogP contribution in [-0.4, -0.2) is 26.4 Å². The lowest BCUT2D eigenvalue weighted by molar-refractivity contribution is 0.215. The predicted octanol–water partition coefficient (Wildman–Crippen LogP) is 1.45. The minimum Gasteiger partial charge on any atom is -0.385 e. The van der Waals surface area contributed by atoms with Gasteiger partial charge in [0.25, 0.3) is 0 Å². The van der Waals surface area contributed by atoms with Gasteiger partial charge in [0.15, 0.2) is 0 Å². The van der Waals surface area contributed by atoms with Gasteiger partial charge >= 0.3 is 0 Å². The molecule has 0 aromatic carbocycles. The van der Waals surface area contributed by atoms with Crippen LogP contribution < -0.4 is 0 Å². The van der Waals surface area contributed by atoms with E-state index in [4.69, 9.17) is 4.74 Å². The van der Waals surface area contributed by atoms with Crippen LogP contribution in [0, 0.1) is 0 Å². The second kappa shape index (κ2) is 6.05. The Balaban J connectivity index is 0.000000148. The van der Waals surface area contributed by atoms with E-state index >= 15 is 0 Å². The van der Waals surface area contributed by atoms with Crippen LogP contribution in [-0.2, 0) is 9.47 Å². The molecule has 1 atom stereocenters. The van der Waals surface area contributed by atoms with Gasteiger partial charge in [0, 0.05) is 13.7 Å².